The zero-order valence-corrected chi connectivity index (χ0v) is 14.4. The quantitative estimate of drug-likeness (QED) is 0.756. The van der Waals surface area contributed by atoms with Gasteiger partial charge in [0.25, 0.3) is 0 Å². The molecule has 0 aliphatic carbocycles. The first kappa shape index (κ1) is 18.7. The van der Waals surface area contributed by atoms with Crippen LogP contribution >= 0.6 is 0 Å². The molecule has 0 fully saturated rings. The molecule has 0 radical (unpaired) electrons. The highest BCUT2D eigenvalue weighted by Crippen LogP contribution is 2.26. The molecule has 0 saturated carbocycles. The summed E-state index contributed by atoms with van der Waals surface area (Å²) in [6.07, 6.45) is 0.245. The number of hydrogen-bond acceptors (Lipinski definition) is 4. The van der Waals surface area contributed by atoms with Crippen LogP contribution in [0.1, 0.15) is 30.5 Å². The van der Waals surface area contributed by atoms with Crippen LogP contribution < -0.4 is 5.73 Å². The minimum atomic E-state index is -1.03. The number of rotatable bonds is 7. The zero-order chi connectivity index (χ0) is 18.4. The molecule has 0 amide bonds. The summed E-state index contributed by atoms with van der Waals surface area (Å²) in [4.78, 5) is 23.3. The molecule has 0 unspecified atom stereocenters. The molecule has 0 heterocycles. The van der Waals surface area contributed by atoms with Crippen LogP contribution in [0.25, 0.3) is 0 Å². The van der Waals surface area contributed by atoms with Gasteiger partial charge in [-0.05, 0) is 37.0 Å². The molecule has 1 atom stereocenters. The molecule has 0 aromatic heterocycles. The molecule has 25 heavy (non-hydrogen) atoms. The third kappa shape index (κ3) is 4.90. The SMILES string of the molecule is CC(C)(C(=O)OCc1ccccc1)c1ccc(C[C@H](N)C(=O)O)cc1. The van der Waals surface area contributed by atoms with Crippen LogP contribution in [0.15, 0.2) is 54.6 Å². The number of nitrogens with two attached hydrogens (primary N) is 1. The van der Waals surface area contributed by atoms with Gasteiger partial charge in [0.1, 0.15) is 12.6 Å². The van der Waals surface area contributed by atoms with Crippen molar-refractivity contribution in [3.63, 3.8) is 0 Å². The van der Waals surface area contributed by atoms with Crippen LogP contribution in [0, 0.1) is 0 Å². The van der Waals surface area contributed by atoms with Crippen LogP contribution in [0.4, 0.5) is 0 Å². The van der Waals surface area contributed by atoms with E-state index in [4.69, 9.17) is 15.6 Å². The summed E-state index contributed by atoms with van der Waals surface area (Å²) in [5.41, 5.74) is 7.29. The monoisotopic (exact) mass is 341 g/mol. The van der Waals surface area contributed by atoms with Crippen LogP contribution in [0.3, 0.4) is 0 Å². The number of hydrogen-bond donors (Lipinski definition) is 2. The Morgan fingerprint density at radius 2 is 1.64 bits per heavy atom. The topological polar surface area (TPSA) is 89.6 Å². The number of esters is 1. The highest BCUT2D eigenvalue weighted by molar-refractivity contribution is 5.82. The first-order chi connectivity index (χ1) is 11.8. The second-order valence-electron chi connectivity index (χ2n) is 6.53. The maximum atomic E-state index is 12.5. The lowest BCUT2D eigenvalue weighted by Gasteiger charge is -2.23. The van der Waals surface area contributed by atoms with Crippen LogP contribution in [-0.2, 0) is 32.8 Å². The van der Waals surface area contributed by atoms with E-state index in [9.17, 15) is 9.59 Å². The van der Waals surface area contributed by atoms with Crippen molar-refractivity contribution in [3.8, 4) is 0 Å². The highest BCUT2D eigenvalue weighted by atomic mass is 16.5. The lowest BCUT2D eigenvalue weighted by molar-refractivity contribution is -0.150. The number of carboxylic acids is 1. The summed E-state index contributed by atoms with van der Waals surface area (Å²) < 4.78 is 5.44. The molecule has 5 nitrogen and oxygen atoms in total. The van der Waals surface area contributed by atoms with Gasteiger partial charge in [0.05, 0.1) is 5.41 Å². The van der Waals surface area contributed by atoms with Crippen molar-refractivity contribution in [3.05, 3.63) is 71.3 Å². The van der Waals surface area contributed by atoms with E-state index in [1.165, 1.54) is 0 Å². The molecule has 2 aromatic rings. The fourth-order valence-corrected chi connectivity index (χ4v) is 2.42. The average molecular weight is 341 g/mol. The van der Waals surface area contributed by atoms with Gasteiger partial charge < -0.3 is 15.6 Å². The Morgan fingerprint density at radius 1 is 1.04 bits per heavy atom. The normalized spacial score (nSPS) is 12.4. The molecule has 0 aliphatic heterocycles. The number of aliphatic carboxylic acids is 1. The minimum Gasteiger partial charge on any atom is -0.480 e. The molecule has 2 rings (SSSR count). The summed E-state index contributed by atoms with van der Waals surface area (Å²) >= 11 is 0. The van der Waals surface area contributed by atoms with Crippen molar-refractivity contribution in [1.29, 1.82) is 0 Å². The summed E-state index contributed by atoms with van der Waals surface area (Å²) in [7, 11) is 0. The lowest BCUT2D eigenvalue weighted by atomic mass is 9.84. The average Bonchev–Trinajstić information content (AvgIpc) is 2.60. The summed E-state index contributed by atoms with van der Waals surface area (Å²) in [6.45, 7) is 3.84. The summed E-state index contributed by atoms with van der Waals surface area (Å²) in [5.74, 6) is -1.35. The van der Waals surface area contributed by atoms with E-state index < -0.39 is 17.4 Å². The Morgan fingerprint density at radius 3 is 2.20 bits per heavy atom. The van der Waals surface area contributed by atoms with Gasteiger partial charge in [-0.2, -0.15) is 0 Å². The Hall–Kier alpha value is -2.66. The molecule has 0 spiro atoms. The molecule has 0 aliphatic rings. The van der Waals surface area contributed by atoms with E-state index in [-0.39, 0.29) is 19.0 Å². The van der Waals surface area contributed by atoms with Crippen molar-refractivity contribution in [2.45, 2.75) is 38.3 Å². The van der Waals surface area contributed by atoms with Gasteiger partial charge in [-0.15, -0.1) is 0 Å². The molecule has 0 saturated heterocycles. The summed E-state index contributed by atoms with van der Waals surface area (Å²) in [5, 5.41) is 8.87. The Labute approximate surface area is 147 Å². The summed E-state index contributed by atoms with van der Waals surface area (Å²) in [6, 6.07) is 15.8. The Balaban J connectivity index is 2.02. The van der Waals surface area contributed by atoms with E-state index in [0.29, 0.717) is 0 Å². The van der Waals surface area contributed by atoms with E-state index in [0.717, 1.165) is 16.7 Å². The number of carboxylic acid groups (broad SMARTS) is 1. The van der Waals surface area contributed by atoms with E-state index >= 15 is 0 Å². The van der Waals surface area contributed by atoms with Crippen molar-refractivity contribution in [1.82, 2.24) is 0 Å². The number of carbonyl (C=O) groups excluding carboxylic acids is 1. The maximum Gasteiger partial charge on any atom is 0.320 e. The number of carbonyl (C=O) groups is 2. The minimum absolute atomic E-state index is 0.231. The lowest BCUT2D eigenvalue weighted by Crippen LogP contribution is -2.32. The smallest absolute Gasteiger partial charge is 0.320 e. The fourth-order valence-electron chi connectivity index (χ4n) is 2.42. The van der Waals surface area contributed by atoms with E-state index in [1.807, 2.05) is 42.5 Å². The predicted octanol–water partition coefficient (Wildman–Crippen LogP) is 2.66. The molecular formula is C20H23NO4. The van der Waals surface area contributed by atoms with Crippen molar-refractivity contribution >= 4 is 11.9 Å². The van der Waals surface area contributed by atoms with Gasteiger partial charge in [-0.25, -0.2) is 0 Å². The standard InChI is InChI=1S/C20H23NO4/c1-20(2,19(24)25-13-15-6-4-3-5-7-15)16-10-8-14(9-11-16)12-17(21)18(22)23/h3-11,17H,12-13,21H2,1-2H3,(H,22,23)/t17-/m0/s1. The van der Waals surface area contributed by atoms with Gasteiger partial charge in [0.2, 0.25) is 0 Å². The predicted molar refractivity (Wildman–Crippen MR) is 95.0 cm³/mol. The fraction of sp³-hybridized carbons (Fsp3) is 0.300. The van der Waals surface area contributed by atoms with Crippen molar-refractivity contribution < 1.29 is 19.4 Å². The molecule has 2 aromatic carbocycles. The van der Waals surface area contributed by atoms with Crippen LogP contribution in [-0.4, -0.2) is 23.1 Å². The van der Waals surface area contributed by atoms with Crippen LogP contribution in [0.5, 0.6) is 0 Å². The van der Waals surface area contributed by atoms with Crippen LogP contribution in [0.2, 0.25) is 0 Å². The molecule has 0 bridgehead atoms. The van der Waals surface area contributed by atoms with E-state index in [2.05, 4.69) is 0 Å². The number of ether oxygens (including phenoxy) is 1. The second kappa shape index (κ2) is 7.94. The van der Waals surface area contributed by atoms with Gasteiger partial charge in [-0.1, -0.05) is 54.6 Å². The van der Waals surface area contributed by atoms with Crippen molar-refractivity contribution in [2.24, 2.45) is 5.73 Å². The van der Waals surface area contributed by atoms with Gasteiger partial charge in [0, 0.05) is 0 Å². The highest BCUT2D eigenvalue weighted by Gasteiger charge is 2.31. The molecule has 3 N–H and O–H groups in total. The van der Waals surface area contributed by atoms with E-state index in [1.54, 1.807) is 26.0 Å². The first-order valence-electron chi connectivity index (χ1n) is 8.09. The maximum absolute atomic E-state index is 12.5. The van der Waals surface area contributed by atoms with Gasteiger partial charge in [0.15, 0.2) is 0 Å². The van der Waals surface area contributed by atoms with Gasteiger partial charge >= 0.3 is 11.9 Å². The molecule has 132 valence electrons. The second-order valence-corrected chi connectivity index (χ2v) is 6.53. The third-order valence-corrected chi connectivity index (χ3v) is 4.17. The largest absolute Gasteiger partial charge is 0.480 e. The number of benzene rings is 2. The third-order valence-electron chi connectivity index (χ3n) is 4.17. The first-order valence-corrected chi connectivity index (χ1v) is 8.09. The van der Waals surface area contributed by atoms with Crippen molar-refractivity contribution in [2.75, 3.05) is 0 Å². The molecular weight excluding hydrogens is 318 g/mol. The zero-order valence-electron chi connectivity index (χ0n) is 14.4. The molecule has 5 heteroatoms. The Kier molecular flexibility index (Phi) is 5.93. The van der Waals surface area contributed by atoms with Gasteiger partial charge in [-0.3, -0.25) is 9.59 Å². The Bertz CT molecular complexity index is 723.